The molecule has 164 valence electrons. The van der Waals surface area contributed by atoms with Crippen LogP contribution >= 0.6 is 0 Å². The number of aryl methyl sites for hydroxylation is 3. The Morgan fingerprint density at radius 2 is 1.84 bits per heavy atom. The van der Waals surface area contributed by atoms with E-state index in [1.807, 2.05) is 18.4 Å². The lowest BCUT2D eigenvalue weighted by Gasteiger charge is -2.10. The average molecular weight is 433 g/mol. The molecule has 3 aromatic heterocycles. The molecule has 4 aromatic rings. The third-order valence-electron chi connectivity index (χ3n) is 4.87. The first-order valence-electron chi connectivity index (χ1n) is 9.87. The number of benzene rings is 1. The molecular weight excluding hydrogens is 410 g/mol. The molecule has 1 aromatic carbocycles. The molecule has 0 radical (unpaired) electrons. The monoisotopic (exact) mass is 433 g/mol. The van der Waals surface area contributed by atoms with Gasteiger partial charge in [0.25, 0.3) is 5.91 Å². The van der Waals surface area contributed by atoms with Crippen molar-refractivity contribution in [3.8, 4) is 23.3 Å². The van der Waals surface area contributed by atoms with E-state index < -0.39 is 0 Å². The van der Waals surface area contributed by atoms with Crippen molar-refractivity contribution in [1.82, 2.24) is 29.3 Å². The summed E-state index contributed by atoms with van der Waals surface area (Å²) in [6.45, 7) is 5.73. The van der Waals surface area contributed by atoms with E-state index in [0.717, 1.165) is 11.4 Å². The van der Waals surface area contributed by atoms with E-state index in [-0.39, 0.29) is 11.8 Å². The predicted octanol–water partition coefficient (Wildman–Crippen LogP) is 3.37. The molecule has 0 aliphatic rings. The average Bonchev–Trinajstić information content (AvgIpc) is 3.31. The Morgan fingerprint density at radius 1 is 1.09 bits per heavy atom. The molecule has 1 amide bonds. The normalized spacial score (nSPS) is 10.8. The van der Waals surface area contributed by atoms with Gasteiger partial charge in [0.1, 0.15) is 29.3 Å². The van der Waals surface area contributed by atoms with Crippen LogP contribution in [0.25, 0.3) is 5.82 Å². The fourth-order valence-corrected chi connectivity index (χ4v) is 3.13. The van der Waals surface area contributed by atoms with E-state index in [1.54, 1.807) is 56.8 Å². The van der Waals surface area contributed by atoms with Crippen LogP contribution in [0.4, 0.5) is 5.69 Å². The molecule has 0 aliphatic heterocycles. The number of hydrogen-bond donors (Lipinski definition) is 1. The lowest BCUT2D eigenvalue weighted by molar-refractivity contribution is 0.102. The number of hydrogen-bond acceptors (Lipinski definition) is 7. The fraction of sp³-hybridized carbons (Fsp3) is 0.227. The summed E-state index contributed by atoms with van der Waals surface area (Å²) in [5.74, 6) is 2.20. The van der Waals surface area contributed by atoms with Gasteiger partial charge in [0.2, 0.25) is 11.8 Å². The zero-order valence-corrected chi connectivity index (χ0v) is 18.4. The Labute approximate surface area is 184 Å². The summed E-state index contributed by atoms with van der Waals surface area (Å²) in [5, 5.41) is 6.91. The van der Waals surface area contributed by atoms with Gasteiger partial charge in [-0.3, -0.25) is 14.0 Å². The van der Waals surface area contributed by atoms with Crippen LogP contribution in [0.2, 0.25) is 0 Å². The summed E-state index contributed by atoms with van der Waals surface area (Å²) in [6.07, 6.45) is 3.33. The third-order valence-corrected chi connectivity index (χ3v) is 4.87. The Morgan fingerprint density at radius 3 is 2.50 bits per heavy atom. The van der Waals surface area contributed by atoms with E-state index in [9.17, 15) is 4.79 Å². The minimum atomic E-state index is -0.314. The highest BCUT2D eigenvalue weighted by Gasteiger charge is 2.16. The topological polar surface area (TPSA) is 109 Å². The maximum atomic E-state index is 12.5. The van der Waals surface area contributed by atoms with Crippen molar-refractivity contribution in [1.29, 1.82) is 0 Å². The standard InChI is InChI=1S/C22H23N7O3/c1-13-14(2)29(12-23-13)19-10-20(25-15(3)24-19)32-17-8-6-16(7-9-17)26-21(30)18-11-28(4)27-22(18)31-5/h6-12H,1-5H3,(H,26,30). The number of amides is 1. The molecule has 0 bridgehead atoms. The second-order valence-corrected chi connectivity index (χ2v) is 7.20. The van der Waals surface area contributed by atoms with E-state index >= 15 is 0 Å². The van der Waals surface area contributed by atoms with Gasteiger partial charge in [0, 0.05) is 30.7 Å². The molecule has 4 rings (SSSR count). The SMILES string of the molecule is COc1nn(C)cc1C(=O)Nc1ccc(Oc2cc(-n3cnc(C)c3C)nc(C)n2)cc1. The molecule has 10 nitrogen and oxygen atoms in total. The van der Waals surface area contributed by atoms with E-state index in [0.29, 0.717) is 34.5 Å². The summed E-state index contributed by atoms with van der Waals surface area (Å²) < 4.78 is 14.5. The van der Waals surface area contributed by atoms with Gasteiger partial charge in [0.05, 0.1) is 12.8 Å². The number of anilines is 1. The largest absolute Gasteiger partial charge is 0.479 e. The first-order valence-corrected chi connectivity index (χ1v) is 9.87. The molecule has 0 aliphatic carbocycles. The van der Waals surface area contributed by atoms with Crippen LogP contribution < -0.4 is 14.8 Å². The van der Waals surface area contributed by atoms with E-state index in [2.05, 4.69) is 25.4 Å². The molecule has 0 fully saturated rings. The molecule has 0 saturated carbocycles. The molecular formula is C22H23N7O3. The summed E-state index contributed by atoms with van der Waals surface area (Å²) in [5.41, 5.74) is 2.89. The van der Waals surface area contributed by atoms with Crippen molar-refractivity contribution >= 4 is 11.6 Å². The summed E-state index contributed by atoms with van der Waals surface area (Å²) in [4.78, 5) is 25.7. The van der Waals surface area contributed by atoms with Gasteiger partial charge in [-0.05, 0) is 45.0 Å². The lowest BCUT2D eigenvalue weighted by Crippen LogP contribution is -2.12. The number of rotatable bonds is 6. The number of nitrogens with one attached hydrogen (secondary N) is 1. The van der Waals surface area contributed by atoms with Gasteiger partial charge in [-0.25, -0.2) is 9.97 Å². The van der Waals surface area contributed by atoms with Crippen molar-refractivity contribution in [2.45, 2.75) is 20.8 Å². The summed E-state index contributed by atoms with van der Waals surface area (Å²) in [7, 11) is 3.20. The van der Waals surface area contributed by atoms with Crippen LogP contribution in [0.1, 0.15) is 27.6 Å². The number of carbonyl (C=O) groups excluding carboxylic acids is 1. The minimum absolute atomic E-state index is 0.267. The number of imidazole rings is 1. The van der Waals surface area contributed by atoms with Crippen LogP contribution in [0.3, 0.4) is 0 Å². The van der Waals surface area contributed by atoms with Gasteiger partial charge >= 0.3 is 0 Å². The molecule has 32 heavy (non-hydrogen) atoms. The van der Waals surface area contributed by atoms with Crippen LogP contribution in [0.5, 0.6) is 17.5 Å². The Bertz CT molecular complexity index is 1280. The zero-order valence-electron chi connectivity index (χ0n) is 18.4. The molecule has 10 heteroatoms. The summed E-state index contributed by atoms with van der Waals surface area (Å²) >= 11 is 0. The first kappa shape index (κ1) is 21.0. The molecule has 3 heterocycles. The smallest absolute Gasteiger partial charge is 0.262 e. The predicted molar refractivity (Wildman–Crippen MR) is 118 cm³/mol. The fourth-order valence-electron chi connectivity index (χ4n) is 3.13. The van der Waals surface area contributed by atoms with Crippen molar-refractivity contribution in [3.63, 3.8) is 0 Å². The quantitative estimate of drug-likeness (QED) is 0.496. The Balaban J connectivity index is 1.49. The number of aromatic nitrogens is 6. The van der Waals surface area contributed by atoms with Gasteiger partial charge in [-0.15, -0.1) is 5.10 Å². The third kappa shape index (κ3) is 4.29. The van der Waals surface area contributed by atoms with Crippen LogP contribution in [-0.2, 0) is 7.05 Å². The molecule has 0 spiro atoms. The number of nitrogens with zero attached hydrogens (tertiary/aromatic N) is 6. The Kier molecular flexibility index (Phi) is 5.59. The van der Waals surface area contributed by atoms with E-state index in [4.69, 9.17) is 9.47 Å². The molecule has 0 saturated heterocycles. The number of ether oxygens (including phenoxy) is 2. The van der Waals surface area contributed by atoms with Crippen LogP contribution in [0.15, 0.2) is 42.9 Å². The van der Waals surface area contributed by atoms with Gasteiger partial charge in [0.15, 0.2) is 0 Å². The van der Waals surface area contributed by atoms with Crippen LogP contribution in [-0.4, -0.2) is 42.3 Å². The maximum absolute atomic E-state index is 12.5. The van der Waals surface area contributed by atoms with Crippen LogP contribution in [0, 0.1) is 20.8 Å². The molecule has 0 unspecified atom stereocenters. The van der Waals surface area contributed by atoms with Crippen molar-refractivity contribution in [2.24, 2.45) is 7.05 Å². The second kappa shape index (κ2) is 8.50. The highest BCUT2D eigenvalue weighted by molar-refractivity contribution is 6.05. The number of methoxy groups -OCH3 is 1. The van der Waals surface area contributed by atoms with E-state index in [1.165, 1.54) is 11.8 Å². The molecule has 0 atom stereocenters. The zero-order chi connectivity index (χ0) is 22.8. The van der Waals surface area contributed by atoms with Gasteiger partial charge in [-0.2, -0.15) is 4.98 Å². The minimum Gasteiger partial charge on any atom is -0.479 e. The van der Waals surface area contributed by atoms with Crippen molar-refractivity contribution in [3.05, 3.63) is 65.6 Å². The highest BCUT2D eigenvalue weighted by Crippen LogP contribution is 2.24. The van der Waals surface area contributed by atoms with Crippen molar-refractivity contribution < 1.29 is 14.3 Å². The highest BCUT2D eigenvalue weighted by atomic mass is 16.5. The summed E-state index contributed by atoms with van der Waals surface area (Å²) in [6, 6.07) is 8.74. The van der Waals surface area contributed by atoms with Crippen molar-refractivity contribution in [2.75, 3.05) is 12.4 Å². The number of carbonyl (C=O) groups is 1. The lowest BCUT2D eigenvalue weighted by atomic mass is 10.2. The molecule has 1 N–H and O–H groups in total. The second-order valence-electron chi connectivity index (χ2n) is 7.20. The van der Waals surface area contributed by atoms with Gasteiger partial charge < -0.3 is 14.8 Å². The van der Waals surface area contributed by atoms with Gasteiger partial charge in [-0.1, -0.05) is 0 Å². The maximum Gasteiger partial charge on any atom is 0.262 e. The first-order chi connectivity index (χ1) is 15.3. The Hall–Kier alpha value is -4.21.